The van der Waals surface area contributed by atoms with Crippen molar-refractivity contribution in [2.24, 2.45) is 0 Å². The van der Waals surface area contributed by atoms with Crippen molar-refractivity contribution in [2.45, 2.75) is 25.7 Å². The number of hydrogen-bond acceptors (Lipinski definition) is 2. The lowest BCUT2D eigenvalue weighted by Crippen LogP contribution is -2.49. The summed E-state index contributed by atoms with van der Waals surface area (Å²) in [5, 5.41) is 2.79. The number of nitrogens with one attached hydrogen (secondary N) is 1. The van der Waals surface area contributed by atoms with Crippen LogP contribution in [0.2, 0.25) is 0 Å². The van der Waals surface area contributed by atoms with Gasteiger partial charge < -0.3 is 5.32 Å². The summed E-state index contributed by atoms with van der Waals surface area (Å²) in [5.74, 6) is -0.943. The van der Waals surface area contributed by atoms with Crippen molar-refractivity contribution in [3.05, 3.63) is 0 Å². The lowest BCUT2D eigenvalue weighted by molar-refractivity contribution is -0.248. The molecule has 13 heavy (non-hydrogen) atoms. The Kier molecular flexibility index (Phi) is 2.80. The van der Waals surface area contributed by atoms with E-state index >= 15 is 0 Å². The Bertz CT molecular complexity index is 198. The van der Waals surface area contributed by atoms with Crippen LogP contribution < -0.4 is 5.32 Å². The monoisotopic (exact) mass is 196 g/mol. The number of hydrogen-bond donors (Lipinski definition) is 1. The zero-order chi connectivity index (χ0) is 10.1. The predicted molar refractivity (Wildman–Crippen MR) is 39.8 cm³/mol. The van der Waals surface area contributed by atoms with Crippen molar-refractivity contribution < 1.29 is 18.0 Å². The van der Waals surface area contributed by atoms with Crippen LogP contribution in [-0.4, -0.2) is 36.2 Å². The molecule has 0 saturated carbocycles. The molecular formula is C7H11F3N2O. The van der Waals surface area contributed by atoms with E-state index in [1.165, 1.54) is 0 Å². The molecule has 0 aromatic rings. The molecule has 1 rings (SSSR count). The molecule has 1 heterocycles. The zero-order valence-corrected chi connectivity index (χ0v) is 7.19. The number of carbonyl (C=O) groups excluding carboxylic acids is 1. The van der Waals surface area contributed by atoms with Crippen molar-refractivity contribution in [2.75, 3.05) is 13.1 Å². The zero-order valence-electron chi connectivity index (χ0n) is 7.19. The van der Waals surface area contributed by atoms with Gasteiger partial charge in [-0.3, -0.25) is 4.79 Å². The van der Waals surface area contributed by atoms with Gasteiger partial charge in [-0.25, -0.2) is 4.90 Å². The first-order valence-electron chi connectivity index (χ1n) is 4.00. The van der Waals surface area contributed by atoms with E-state index in [4.69, 9.17) is 0 Å². The van der Waals surface area contributed by atoms with E-state index < -0.39 is 18.2 Å². The van der Waals surface area contributed by atoms with Crippen LogP contribution in [0, 0.1) is 0 Å². The summed E-state index contributed by atoms with van der Waals surface area (Å²) in [7, 11) is 0. The normalized spacial score (nSPS) is 23.2. The van der Waals surface area contributed by atoms with Crippen molar-refractivity contribution in [1.82, 2.24) is 10.2 Å². The molecule has 76 valence electrons. The van der Waals surface area contributed by atoms with E-state index in [-0.39, 0.29) is 11.4 Å². The Labute approximate surface area is 73.9 Å². The molecule has 0 aromatic heterocycles. The Morgan fingerprint density at radius 2 is 2.15 bits per heavy atom. The second-order valence-electron chi connectivity index (χ2n) is 3.00. The summed E-state index contributed by atoms with van der Waals surface area (Å²) >= 11 is 0. The molecule has 1 saturated heterocycles. The Morgan fingerprint density at radius 1 is 1.54 bits per heavy atom. The van der Waals surface area contributed by atoms with Crippen molar-refractivity contribution in [3.8, 4) is 0 Å². The first kappa shape index (κ1) is 10.3. The molecule has 1 unspecified atom stereocenters. The number of rotatable bonds is 1. The number of nitrogens with zero attached hydrogens (tertiary/aromatic N) is 1. The maximum absolute atomic E-state index is 12.3. The fourth-order valence-corrected chi connectivity index (χ4v) is 1.50. The largest absolute Gasteiger partial charge is 0.487 e. The number of carbonyl (C=O) groups is 1. The Morgan fingerprint density at radius 3 is 2.46 bits per heavy atom. The molecule has 1 N–H and O–H groups in total. The lowest BCUT2D eigenvalue weighted by Gasteiger charge is -2.28. The van der Waals surface area contributed by atoms with Gasteiger partial charge in [-0.05, 0) is 13.0 Å². The summed E-state index contributed by atoms with van der Waals surface area (Å²) in [6, 6.07) is -0.738. The van der Waals surface area contributed by atoms with Gasteiger partial charge in [0.2, 0.25) is 5.91 Å². The summed E-state index contributed by atoms with van der Waals surface area (Å²) in [6.45, 7) is 1.69. The van der Waals surface area contributed by atoms with Gasteiger partial charge in [-0.2, -0.15) is 0 Å². The number of alkyl halides is 3. The highest BCUT2D eigenvalue weighted by Crippen LogP contribution is 2.26. The topological polar surface area (TPSA) is 32.3 Å². The van der Waals surface area contributed by atoms with E-state index in [2.05, 4.69) is 5.32 Å². The second kappa shape index (κ2) is 3.53. The maximum atomic E-state index is 12.3. The van der Waals surface area contributed by atoms with Crippen molar-refractivity contribution in [1.29, 1.82) is 0 Å². The highest BCUT2D eigenvalue weighted by atomic mass is 19.4. The summed E-state index contributed by atoms with van der Waals surface area (Å²) in [4.78, 5) is 10.7. The van der Waals surface area contributed by atoms with Gasteiger partial charge in [0.05, 0.1) is 6.04 Å². The van der Waals surface area contributed by atoms with E-state index in [9.17, 15) is 18.0 Å². The van der Waals surface area contributed by atoms with E-state index in [1.54, 1.807) is 0 Å². The van der Waals surface area contributed by atoms with Crippen LogP contribution in [0.4, 0.5) is 13.2 Å². The lowest BCUT2D eigenvalue weighted by atomic mass is 10.2. The van der Waals surface area contributed by atoms with Crippen LogP contribution in [0.25, 0.3) is 0 Å². The van der Waals surface area contributed by atoms with Crippen LogP contribution in [0.3, 0.4) is 0 Å². The third-order valence-corrected chi connectivity index (χ3v) is 2.01. The van der Waals surface area contributed by atoms with Crippen LogP contribution in [0.15, 0.2) is 0 Å². The average Bonchev–Trinajstić information content (AvgIpc) is 2.34. The SMILES string of the molecule is CC(=O)N(C1CCNC1)C(F)(F)F. The molecule has 0 aromatic carbocycles. The van der Waals surface area contributed by atoms with Gasteiger partial charge in [-0.1, -0.05) is 0 Å². The smallest absolute Gasteiger partial charge is 0.315 e. The van der Waals surface area contributed by atoms with Gasteiger partial charge in [0.25, 0.3) is 0 Å². The van der Waals surface area contributed by atoms with Crippen LogP contribution in [-0.2, 0) is 4.79 Å². The summed E-state index contributed by atoms with van der Waals surface area (Å²) in [5.41, 5.74) is 0. The molecule has 0 spiro atoms. The third-order valence-electron chi connectivity index (χ3n) is 2.01. The predicted octanol–water partition coefficient (Wildman–Crippen LogP) is 0.717. The van der Waals surface area contributed by atoms with Crippen molar-refractivity contribution in [3.63, 3.8) is 0 Å². The van der Waals surface area contributed by atoms with Crippen LogP contribution in [0.1, 0.15) is 13.3 Å². The highest BCUT2D eigenvalue weighted by molar-refractivity contribution is 5.74. The molecule has 1 atom stereocenters. The maximum Gasteiger partial charge on any atom is 0.487 e. The van der Waals surface area contributed by atoms with E-state index in [0.29, 0.717) is 13.0 Å². The van der Waals surface area contributed by atoms with Gasteiger partial charge >= 0.3 is 6.30 Å². The Balaban J connectivity index is 2.72. The molecule has 1 aliphatic rings. The third kappa shape index (κ3) is 2.33. The molecule has 6 heteroatoms. The molecule has 0 radical (unpaired) electrons. The minimum Gasteiger partial charge on any atom is -0.315 e. The number of amides is 1. The quantitative estimate of drug-likeness (QED) is 0.626. The van der Waals surface area contributed by atoms with Crippen LogP contribution >= 0.6 is 0 Å². The first-order valence-corrected chi connectivity index (χ1v) is 4.00. The second-order valence-corrected chi connectivity index (χ2v) is 3.00. The standard InChI is InChI=1S/C7H11F3N2O/c1-5(13)12(7(8,9)10)6-2-3-11-4-6/h6,11H,2-4H2,1H3. The highest BCUT2D eigenvalue weighted by Gasteiger charge is 2.44. The summed E-state index contributed by atoms with van der Waals surface area (Å²) < 4.78 is 36.9. The minimum atomic E-state index is -4.55. The molecular weight excluding hydrogens is 185 g/mol. The molecule has 1 fully saturated rings. The minimum absolute atomic E-state index is 0.00694. The molecule has 3 nitrogen and oxygen atoms in total. The van der Waals surface area contributed by atoms with Gasteiger partial charge in [0, 0.05) is 13.5 Å². The molecule has 1 aliphatic heterocycles. The van der Waals surface area contributed by atoms with Gasteiger partial charge in [-0.15, -0.1) is 13.2 Å². The first-order chi connectivity index (χ1) is 5.93. The van der Waals surface area contributed by atoms with Crippen LogP contribution in [0.5, 0.6) is 0 Å². The van der Waals surface area contributed by atoms with E-state index in [0.717, 1.165) is 6.92 Å². The van der Waals surface area contributed by atoms with Gasteiger partial charge in [0.1, 0.15) is 0 Å². The fraction of sp³-hybridized carbons (Fsp3) is 0.857. The molecule has 1 amide bonds. The average molecular weight is 196 g/mol. The molecule has 0 aliphatic carbocycles. The molecule has 0 bridgehead atoms. The summed E-state index contributed by atoms with van der Waals surface area (Å²) in [6.07, 6.45) is -4.19. The van der Waals surface area contributed by atoms with Gasteiger partial charge in [0.15, 0.2) is 0 Å². The number of halogens is 3. The Hall–Kier alpha value is -0.780. The van der Waals surface area contributed by atoms with Crippen molar-refractivity contribution >= 4 is 5.91 Å². The van der Waals surface area contributed by atoms with E-state index in [1.807, 2.05) is 0 Å². The fourth-order valence-electron chi connectivity index (χ4n) is 1.50.